The van der Waals surface area contributed by atoms with Crippen LogP contribution in [0.25, 0.3) is 16.5 Å². The third-order valence-corrected chi connectivity index (χ3v) is 5.58. The highest BCUT2D eigenvalue weighted by Crippen LogP contribution is 2.31. The largest absolute Gasteiger partial charge is 0.461 e. The molecule has 2 heterocycles. The molecule has 0 atom stereocenters. The first kappa shape index (κ1) is 21.4. The van der Waals surface area contributed by atoms with Gasteiger partial charge in [-0.15, -0.1) is 11.3 Å². The molecule has 1 N–H and O–H groups in total. The van der Waals surface area contributed by atoms with Crippen LogP contribution in [0.4, 0.5) is 9.39 Å². The van der Waals surface area contributed by atoms with Crippen molar-refractivity contribution >= 4 is 39.0 Å². The number of aromatic nitrogens is 2. The lowest BCUT2D eigenvalue weighted by Gasteiger charge is -2.10. The molecule has 0 saturated heterocycles. The number of hydrogen-bond acceptors (Lipinski definition) is 6. The Morgan fingerprint density at radius 3 is 2.69 bits per heavy atom. The van der Waals surface area contributed by atoms with Gasteiger partial charge in [0.05, 0.1) is 17.7 Å². The fourth-order valence-corrected chi connectivity index (χ4v) is 4.16. The maximum Gasteiger partial charge on any atom is 0.359 e. The predicted octanol–water partition coefficient (Wildman–Crippen LogP) is 4.32. The quantitative estimate of drug-likeness (QED) is 0.457. The summed E-state index contributed by atoms with van der Waals surface area (Å²) in [5.74, 6) is -1.81. The van der Waals surface area contributed by atoms with E-state index in [0.717, 1.165) is 27.6 Å². The van der Waals surface area contributed by atoms with Crippen LogP contribution in [0.2, 0.25) is 0 Å². The van der Waals surface area contributed by atoms with Gasteiger partial charge in [-0.1, -0.05) is 18.2 Å². The highest BCUT2D eigenvalue weighted by atomic mass is 32.1. The van der Waals surface area contributed by atoms with Gasteiger partial charge in [-0.25, -0.2) is 9.18 Å². The number of rotatable bonds is 5. The molecular formula is C23H18FN3O4S. The van der Waals surface area contributed by atoms with Gasteiger partial charge >= 0.3 is 5.97 Å². The number of carbonyl (C=O) groups is 2. The lowest BCUT2D eigenvalue weighted by Crippen LogP contribution is -2.25. The molecular weight excluding hydrogens is 433 g/mol. The molecule has 0 aliphatic rings. The SMILES string of the molecule is CCOC(=O)c1nn(-c2cccc(C)c2)c(=O)c2c(NC(=O)c3cccc(F)c3)scc12. The van der Waals surface area contributed by atoms with Gasteiger partial charge in [-0.05, 0) is 49.7 Å². The van der Waals surface area contributed by atoms with Gasteiger partial charge in [0.2, 0.25) is 0 Å². The van der Waals surface area contributed by atoms with Crippen LogP contribution in [-0.2, 0) is 4.74 Å². The summed E-state index contributed by atoms with van der Waals surface area (Å²) < 4.78 is 19.8. The molecule has 0 spiro atoms. The van der Waals surface area contributed by atoms with Crippen LogP contribution in [-0.4, -0.2) is 28.3 Å². The molecule has 0 unspecified atom stereocenters. The summed E-state index contributed by atoms with van der Waals surface area (Å²) in [6.45, 7) is 3.68. The van der Waals surface area contributed by atoms with Gasteiger partial charge in [0.1, 0.15) is 10.8 Å². The zero-order valence-electron chi connectivity index (χ0n) is 17.2. The lowest BCUT2D eigenvalue weighted by molar-refractivity contribution is 0.0520. The van der Waals surface area contributed by atoms with E-state index in [2.05, 4.69) is 10.4 Å². The van der Waals surface area contributed by atoms with Gasteiger partial charge in [0.15, 0.2) is 5.69 Å². The molecule has 32 heavy (non-hydrogen) atoms. The van der Waals surface area contributed by atoms with Gasteiger partial charge in [-0.2, -0.15) is 9.78 Å². The van der Waals surface area contributed by atoms with Gasteiger partial charge in [0, 0.05) is 16.3 Å². The molecule has 1 amide bonds. The second kappa shape index (κ2) is 8.72. The van der Waals surface area contributed by atoms with E-state index in [9.17, 15) is 18.8 Å². The van der Waals surface area contributed by atoms with Crippen LogP contribution in [0.3, 0.4) is 0 Å². The van der Waals surface area contributed by atoms with E-state index in [1.165, 1.54) is 18.2 Å². The third kappa shape index (κ3) is 4.02. The maximum atomic E-state index is 13.5. The van der Waals surface area contributed by atoms with Crippen molar-refractivity contribution in [3.8, 4) is 5.69 Å². The first-order valence-electron chi connectivity index (χ1n) is 9.74. The number of aryl methyl sites for hydroxylation is 1. The first-order valence-corrected chi connectivity index (χ1v) is 10.6. The molecule has 0 saturated carbocycles. The third-order valence-electron chi connectivity index (χ3n) is 4.68. The maximum absolute atomic E-state index is 13.5. The normalized spacial score (nSPS) is 10.8. The van der Waals surface area contributed by atoms with Crippen LogP contribution in [0.5, 0.6) is 0 Å². The van der Waals surface area contributed by atoms with Crippen molar-refractivity contribution in [1.29, 1.82) is 0 Å². The number of benzene rings is 2. The molecule has 4 rings (SSSR count). The lowest BCUT2D eigenvalue weighted by atomic mass is 10.2. The fourth-order valence-electron chi connectivity index (χ4n) is 3.23. The molecule has 0 aliphatic carbocycles. The number of thiophene rings is 1. The van der Waals surface area contributed by atoms with E-state index in [1.54, 1.807) is 30.5 Å². The van der Waals surface area contributed by atoms with Crippen molar-refractivity contribution in [1.82, 2.24) is 9.78 Å². The summed E-state index contributed by atoms with van der Waals surface area (Å²) in [6, 6.07) is 12.3. The van der Waals surface area contributed by atoms with E-state index in [4.69, 9.17) is 4.74 Å². The number of hydrogen-bond donors (Lipinski definition) is 1. The van der Waals surface area contributed by atoms with Crippen LogP contribution < -0.4 is 10.9 Å². The average Bonchev–Trinajstić information content (AvgIpc) is 3.18. The van der Waals surface area contributed by atoms with Gasteiger partial charge in [-0.3, -0.25) is 9.59 Å². The minimum absolute atomic E-state index is 0.0366. The van der Waals surface area contributed by atoms with Crippen molar-refractivity contribution in [2.45, 2.75) is 13.8 Å². The number of anilines is 1. The van der Waals surface area contributed by atoms with E-state index < -0.39 is 23.3 Å². The standard InChI is InChI=1S/C23H18FN3O4S/c1-3-31-23(30)19-17-12-32-21(25-20(28)14-7-5-8-15(24)11-14)18(17)22(29)27(26-19)16-9-4-6-13(2)10-16/h4-12H,3H2,1-2H3,(H,25,28). The molecule has 162 valence electrons. The Labute approximate surface area is 186 Å². The monoisotopic (exact) mass is 451 g/mol. The number of halogens is 1. The summed E-state index contributed by atoms with van der Waals surface area (Å²) >= 11 is 1.07. The molecule has 0 aliphatic heterocycles. The summed E-state index contributed by atoms with van der Waals surface area (Å²) in [5, 5.41) is 9.12. The van der Waals surface area contributed by atoms with E-state index in [-0.39, 0.29) is 33.6 Å². The van der Waals surface area contributed by atoms with Crippen molar-refractivity contribution in [2.75, 3.05) is 11.9 Å². The zero-order chi connectivity index (χ0) is 22.8. The predicted molar refractivity (Wildman–Crippen MR) is 120 cm³/mol. The molecule has 2 aromatic carbocycles. The Hall–Kier alpha value is -3.85. The molecule has 0 fully saturated rings. The Kier molecular flexibility index (Phi) is 5.83. The van der Waals surface area contributed by atoms with Crippen LogP contribution in [0.1, 0.15) is 33.3 Å². The van der Waals surface area contributed by atoms with Gasteiger partial charge < -0.3 is 10.1 Å². The van der Waals surface area contributed by atoms with Crippen molar-refractivity contribution in [3.63, 3.8) is 0 Å². The Balaban J connectivity index is 1.89. The summed E-state index contributed by atoms with van der Waals surface area (Å²) in [4.78, 5) is 38.6. The van der Waals surface area contributed by atoms with Crippen molar-refractivity contribution < 1.29 is 18.7 Å². The van der Waals surface area contributed by atoms with E-state index >= 15 is 0 Å². The summed E-state index contributed by atoms with van der Waals surface area (Å²) in [7, 11) is 0. The van der Waals surface area contributed by atoms with Crippen LogP contribution in [0, 0.1) is 12.7 Å². The number of fused-ring (bicyclic) bond motifs is 1. The number of esters is 1. The number of nitrogens with one attached hydrogen (secondary N) is 1. The molecule has 2 aromatic heterocycles. The summed E-state index contributed by atoms with van der Waals surface area (Å²) in [5.41, 5.74) is 0.931. The molecule has 9 heteroatoms. The molecule has 4 aromatic rings. The molecule has 7 nitrogen and oxygen atoms in total. The summed E-state index contributed by atoms with van der Waals surface area (Å²) in [6.07, 6.45) is 0. The smallest absolute Gasteiger partial charge is 0.359 e. The Bertz CT molecular complexity index is 1410. The molecule has 0 bridgehead atoms. The highest BCUT2D eigenvalue weighted by molar-refractivity contribution is 7.16. The van der Waals surface area contributed by atoms with Crippen LogP contribution >= 0.6 is 11.3 Å². The number of carbonyl (C=O) groups excluding carboxylic acids is 2. The number of nitrogens with zero attached hydrogens (tertiary/aromatic N) is 2. The second-order valence-corrected chi connectivity index (χ2v) is 7.82. The van der Waals surface area contributed by atoms with Crippen molar-refractivity contribution in [2.24, 2.45) is 0 Å². The first-order chi connectivity index (χ1) is 15.4. The second-order valence-electron chi connectivity index (χ2n) is 6.94. The van der Waals surface area contributed by atoms with Crippen molar-refractivity contribution in [3.05, 3.63) is 86.9 Å². The minimum Gasteiger partial charge on any atom is -0.461 e. The average molecular weight is 451 g/mol. The highest BCUT2D eigenvalue weighted by Gasteiger charge is 2.23. The Morgan fingerprint density at radius 2 is 1.97 bits per heavy atom. The fraction of sp³-hybridized carbons (Fsp3) is 0.130. The molecule has 0 radical (unpaired) electrons. The van der Waals surface area contributed by atoms with E-state index in [1.807, 2.05) is 13.0 Å². The minimum atomic E-state index is -0.681. The Morgan fingerprint density at radius 1 is 1.19 bits per heavy atom. The number of ether oxygens (including phenoxy) is 1. The topological polar surface area (TPSA) is 90.3 Å². The zero-order valence-corrected chi connectivity index (χ0v) is 18.0. The number of amides is 1. The van der Waals surface area contributed by atoms with E-state index in [0.29, 0.717) is 5.69 Å². The van der Waals surface area contributed by atoms with Crippen LogP contribution in [0.15, 0.2) is 58.7 Å². The van der Waals surface area contributed by atoms with Gasteiger partial charge in [0.25, 0.3) is 11.5 Å².